The first-order valence-corrected chi connectivity index (χ1v) is 5.61. The Labute approximate surface area is 99.7 Å². The molecule has 4 N–H and O–H groups in total. The summed E-state index contributed by atoms with van der Waals surface area (Å²) < 4.78 is 5.22. The summed E-state index contributed by atoms with van der Waals surface area (Å²) in [5.41, 5.74) is 1.06. The van der Waals surface area contributed by atoms with Crippen LogP contribution in [0.15, 0.2) is 30.3 Å². The lowest BCUT2D eigenvalue weighted by Gasteiger charge is -2.35. The van der Waals surface area contributed by atoms with Crippen molar-refractivity contribution < 1.29 is 20.1 Å². The summed E-state index contributed by atoms with van der Waals surface area (Å²) in [6.45, 7) is 0.552. The summed E-state index contributed by atoms with van der Waals surface area (Å²) >= 11 is 0. The van der Waals surface area contributed by atoms with Crippen molar-refractivity contribution in [2.24, 2.45) is 0 Å². The lowest BCUT2D eigenvalue weighted by molar-refractivity contribution is -0.195. The number of nitrogens with one attached hydrogen (secondary N) is 1. The maximum Gasteiger partial charge on any atom is 0.137 e. The van der Waals surface area contributed by atoms with Crippen LogP contribution in [0.1, 0.15) is 5.56 Å². The monoisotopic (exact) mass is 239 g/mol. The van der Waals surface area contributed by atoms with Gasteiger partial charge in [-0.05, 0) is 5.56 Å². The number of aliphatic hydroxyl groups is 3. The molecular formula is C12H17NO4. The van der Waals surface area contributed by atoms with Crippen LogP contribution >= 0.6 is 0 Å². The molecule has 5 nitrogen and oxygen atoms in total. The zero-order valence-electron chi connectivity index (χ0n) is 9.36. The van der Waals surface area contributed by atoms with E-state index in [-0.39, 0.29) is 6.61 Å². The van der Waals surface area contributed by atoms with Crippen molar-refractivity contribution >= 4 is 0 Å². The average molecular weight is 239 g/mol. The number of hydrogen-bond donors (Lipinski definition) is 4. The molecule has 1 aromatic carbocycles. The third-order valence-electron chi connectivity index (χ3n) is 2.85. The maximum atomic E-state index is 9.69. The number of benzene rings is 1. The van der Waals surface area contributed by atoms with E-state index >= 15 is 0 Å². The van der Waals surface area contributed by atoms with Crippen molar-refractivity contribution in [3.63, 3.8) is 0 Å². The van der Waals surface area contributed by atoms with E-state index in [4.69, 9.17) is 4.74 Å². The third-order valence-corrected chi connectivity index (χ3v) is 2.85. The van der Waals surface area contributed by atoms with Crippen LogP contribution < -0.4 is 5.32 Å². The van der Waals surface area contributed by atoms with E-state index in [1.165, 1.54) is 0 Å². The molecule has 1 fully saturated rings. The third kappa shape index (κ3) is 3.02. The maximum absolute atomic E-state index is 9.69. The Kier molecular flexibility index (Phi) is 4.09. The molecule has 4 atom stereocenters. The second-order valence-electron chi connectivity index (χ2n) is 4.17. The molecule has 0 radical (unpaired) electrons. The summed E-state index contributed by atoms with van der Waals surface area (Å²) in [6, 6.07) is 9.68. The molecule has 1 saturated heterocycles. The Balaban J connectivity index is 1.87. The summed E-state index contributed by atoms with van der Waals surface area (Å²) in [7, 11) is 0. The summed E-state index contributed by atoms with van der Waals surface area (Å²) in [4.78, 5) is 0. The van der Waals surface area contributed by atoms with Crippen molar-refractivity contribution in [2.75, 3.05) is 6.61 Å². The van der Waals surface area contributed by atoms with E-state index in [1.54, 1.807) is 0 Å². The quantitative estimate of drug-likeness (QED) is 0.556. The van der Waals surface area contributed by atoms with Crippen molar-refractivity contribution in [2.45, 2.75) is 31.1 Å². The van der Waals surface area contributed by atoms with Crippen LogP contribution in [0.2, 0.25) is 0 Å². The standard InChI is InChI=1S/C12H17NO4/c14-9-7-17-12(11(16)10(9)15)13-6-8-4-2-1-3-5-8/h1-5,9-16H,6-7H2. The molecule has 17 heavy (non-hydrogen) atoms. The minimum Gasteiger partial charge on any atom is -0.388 e. The molecule has 94 valence electrons. The van der Waals surface area contributed by atoms with Crippen molar-refractivity contribution in [1.82, 2.24) is 5.32 Å². The molecule has 0 saturated carbocycles. The van der Waals surface area contributed by atoms with Gasteiger partial charge in [0.1, 0.15) is 24.5 Å². The molecule has 1 aliphatic heterocycles. The van der Waals surface area contributed by atoms with Gasteiger partial charge in [-0.25, -0.2) is 0 Å². The number of aliphatic hydroxyl groups excluding tert-OH is 3. The second kappa shape index (κ2) is 5.57. The Bertz CT molecular complexity index is 346. The fourth-order valence-electron chi connectivity index (χ4n) is 1.80. The van der Waals surface area contributed by atoms with Gasteiger partial charge in [0.15, 0.2) is 0 Å². The van der Waals surface area contributed by atoms with E-state index in [1.807, 2.05) is 30.3 Å². The van der Waals surface area contributed by atoms with Gasteiger partial charge in [0.2, 0.25) is 0 Å². The predicted molar refractivity (Wildman–Crippen MR) is 61.0 cm³/mol. The number of rotatable bonds is 3. The van der Waals surface area contributed by atoms with E-state index < -0.39 is 24.5 Å². The largest absolute Gasteiger partial charge is 0.388 e. The van der Waals surface area contributed by atoms with E-state index in [2.05, 4.69) is 5.32 Å². The first-order valence-electron chi connectivity index (χ1n) is 5.61. The summed E-state index contributed by atoms with van der Waals surface area (Å²) in [6.07, 6.45) is -3.98. The van der Waals surface area contributed by atoms with Crippen molar-refractivity contribution in [1.29, 1.82) is 0 Å². The van der Waals surface area contributed by atoms with Gasteiger partial charge in [-0.3, -0.25) is 5.32 Å². The minimum absolute atomic E-state index is 0.0185. The summed E-state index contributed by atoms with van der Waals surface area (Å²) in [5, 5.41) is 31.5. The lowest BCUT2D eigenvalue weighted by atomic mass is 10.0. The molecular weight excluding hydrogens is 222 g/mol. The van der Waals surface area contributed by atoms with E-state index in [0.29, 0.717) is 6.54 Å². The SMILES string of the molecule is OC1COC(NCc2ccccc2)C(O)C1O. The smallest absolute Gasteiger partial charge is 0.137 e. The zero-order chi connectivity index (χ0) is 12.3. The minimum atomic E-state index is -1.17. The predicted octanol–water partition coefficient (Wildman–Crippen LogP) is -0.785. The molecule has 5 heteroatoms. The molecule has 1 aromatic rings. The number of ether oxygens (including phenoxy) is 1. The topological polar surface area (TPSA) is 82.0 Å². The lowest BCUT2D eigenvalue weighted by Crippen LogP contribution is -2.57. The Morgan fingerprint density at radius 2 is 1.82 bits per heavy atom. The highest BCUT2D eigenvalue weighted by atomic mass is 16.5. The molecule has 0 spiro atoms. The van der Waals surface area contributed by atoms with Crippen LogP contribution in [-0.2, 0) is 11.3 Å². The highest BCUT2D eigenvalue weighted by Crippen LogP contribution is 2.14. The van der Waals surface area contributed by atoms with Crippen LogP contribution in [0.4, 0.5) is 0 Å². The first-order chi connectivity index (χ1) is 8.18. The first kappa shape index (κ1) is 12.5. The van der Waals surface area contributed by atoms with Crippen LogP contribution in [0.5, 0.6) is 0 Å². The van der Waals surface area contributed by atoms with Gasteiger partial charge in [-0.15, -0.1) is 0 Å². The normalized spacial score (nSPS) is 33.6. The van der Waals surface area contributed by atoms with Crippen LogP contribution in [-0.4, -0.2) is 46.5 Å². The molecule has 0 amide bonds. The number of hydrogen-bond acceptors (Lipinski definition) is 5. The Morgan fingerprint density at radius 1 is 1.12 bits per heavy atom. The molecule has 2 rings (SSSR count). The van der Waals surface area contributed by atoms with Gasteiger partial charge in [-0.1, -0.05) is 30.3 Å². The van der Waals surface area contributed by atoms with Gasteiger partial charge >= 0.3 is 0 Å². The van der Waals surface area contributed by atoms with Gasteiger partial charge < -0.3 is 20.1 Å². The Morgan fingerprint density at radius 3 is 2.53 bits per heavy atom. The molecule has 1 heterocycles. The zero-order valence-corrected chi connectivity index (χ0v) is 9.36. The average Bonchev–Trinajstić information content (AvgIpc) is 2.36. The van der Waals surface area contributed by atoms with Gasteiger partial charge in [0.25, 0.3) is 0 Å². The van der Waals surface area contributed by atoms with E-state index in [0.717, 1.165) is 5.56 Å². The molecule has 0 aliphatic carbocycles. The molecule has 0 aromatic heterocycles. The molecule has 1 aliphatic rings. The Hall–Kier alpha value is -0.980. The van der Waals surface area contributed by atoms with Gasteiger partial charge in [-0.2, -0.15) is 0 Å². The van der Waals surface area contributed by atoms with Crippen LogP contribution in [0, 0.1) is 0 Å². The van der Waals surface area contributed by atoms with Gasteiger partial charge in [0, 0.05) is 6.54 Å². The molecule has 0 bridgehead atoms. The van der Waals surface area contributed by atoms with Crippen molar-refractivity contribution in [3.05, 3.63) is 35.9 Å². The van der Waals surface area contributed by atoms with Crippen LogP contribution in [0.25, 0.3) is 0 Å². The van der Waals surface area contributed by atoms with Gasteiger partial charge in [0.05, 0.1) is 6.61 Å². The highest BCUT2D eigenvalue weighted by molar-refractivity contribution is 5.14. The highest BCUT2D eigenvalue weighted by Gasteiger charge is 2.37. The van der Waals surface area contributed by atoms with Crippen molar-refractivity contribution in [3.8, 4) is 0 Å². The van der Waals surface area contributed by atoms with Crippen LogP contribution in [0.3, 0.4) is 0 Å². The van der Waals surface area contributed by atoms with E-state index in [9.17, 15) is 15.3 Å². The second-order valence-corrected chi connectivity index (χ2v) is 4.17. The fourth-order valence-corrected chi connectivity index (χ4v) is 1.80. The fraction of sp³-hybridized carbons (Fsp3) is 0.500. The summed E-state index contributed by atoms with van der Waals surface area (Å²) in [5.74, 6) is 0. The molecule has 4 unspecified atom stereocenters.